The van der Waals surface area contributed by atoms with Crippen LogP contribution in [0, 0.1) is 5.92 Å². The molecular formula is C11H21N3O2. The number of carbonyl (C=O) groups is 1. The van der Waals surface area contributed by atoms with Gasteiger partial charge < -0.3 is 15.8 Å². The highest BCUT2D eigenvalue weighted by molar-refractivity contribution is 5.81. The third-order valence-corrected chi connectivity index (χ3v) is 3.20. The van der Waals surface area contributed by atoms with Crippen LogP contribution in [0.2, 0.25) is 0 Å². The van der Waals surface area contributed by atoms with E-state index in [2.05, 4.69) is 5.16 Å². The fraction of sp³-hybridized carbons (Fsp3) is 0.818. The summed E-state index contributed by atoms with van der Waals surface area (Å²) in [7, 11) is 1.77. The number of rotatable bonds is 5. The van der Waals surface area contributed by atoms with E-state index in [9.17, 15) is 4.79 Å². The number of hydrogen-bond donors (Lipinski definition) is 2. The summed E-state index contributed by atoms with van der Waals surface area (Å²) in [5.74, 6) is 0.900. The summed E-state index contributed by atoms with van der Waals surface area (Å²) in [6.45, 7) is 0.515. The van der Waals surface area contributed by atoms with Crippen molar-refractivity contribution < 1.29 is 10.0 Å². The Morgan fingerprint density at radius 2 is 2.12 bits per heavy atom. The molecule has 5 heteroatoms. The van der Waals surface area contributed by atoms with Crippen molar-refractivity contribution in [3.63, 3.8) is 0 Å². The van der Waals surface area contributed by atoms with Crippen molar-refractivity contribution >= 4 is 11.7 Å². The van der Waals surface area contributed by atoms with E-state index < -0.39 is 0 Å². The molecule has 0 spiro atoms. The Bertz CT molecular complexity index is 260. The van der Waals surface area contributed by atoms with Crippen LogP contribution in [0.15, 0.2) is 5.16 Å². The van der Waals surface area contributed by atoms with Crippen molar-refractivity contribution in [2.75, 3.05) is 13.6 Å². The summed E-state index contributed by atoms with van der Waals surface area (Å²) < 4.78 is 0. The molecule has 1 aliphatic carbocycles. The second-order valence-electron chi connectivity index (χ2n) is 4.51. The highest BCUT2D eigenvalue weighted by atomic mass is 16.4. The predicted molar refractivity (Wildman–Crippen MR) is 62.2 cm³/mol. The van der Waals surface area contributed by atoms with E-state index in [1.807, 2.05) is 0 Å². The average Bonchev–Trinajstić information content (AvgIpc) is 2.77. The van der Waals surface area contributed by atoms with Gasteiger partial charge in [-0.2, -0.15) is 0 Å². The lowest BCUT2D eigenvalue weighted by Gasteiger charge is -2.18. The van der Waals surface area contributed by atoms with Gasteiger partial charge in [0.25, 0.3) is 0 Å². The van der Waals surface area contributed by atoms with Crippen LogP contribution in [0.3, 0.4) is 0 Å². The third-order valence-electron chi connectivity index (χ3n) is 3.20. The van der Waals surface area contributed by atoms with Gasteiger partial charge in [-0.1, -0.05) is 18.0 Å². The molecule has 3 N–H and O–H groups in total. The Balaban J connectivity index is 2.24. The summed E-state index contributed by atoms with van der Waals surface area (Å²) in [4.78, 5) is 13.4. The summed E-state index contributed by atoms with van der Waals surface area (Å²) in [5, 5.41) is 11.3. The van der Waals surface area contributed by atoms with E-state index in [-0.39, 0.29) is 11.7 Å². The van der Waals surface area contributed by atoms with Gasteiger partial charge in [0.15, 0.2) is 0 Å². The minimum Gasteiger partial charge on any atom is -0.409 e. The number of oxime groups is 1. The molecular weight excluding hydrogens is 206 g/mol. The lowest BCUT2D eigenvalue weighted by Crippen LogP contribution is -2.31. The molecule has 1 aliphatic rings. The van der Waals surface area contributed by atoms with Crippen LogP contribution in [0.25, 0.3) is 0 Å². The first-order chi connectivity index (χ1) is 7.63. The van der Waals surface area contributed by atoms with Crippen LogP contribution in [0.1, 0.15) is 38.5 Å². The molecule has 0 aromatic heterocycles. The Kier molecular flexibility index (Phi) is 5.08. The monoisotopic (exact) mass is 227 g/mol. The molecule has 0 radical (unpaired) electrons. The number of nitrogens with two attached hydrogens (primary N) is 1. The van der Waals surface area contributed by atoms with Crippen LogP contribution >= 0.6 is 0 Å². The van der Waals surface area contributed by atoms with Gasteiger partial charge >= 0.3 is 0 Å². The van der Waals surface area contributed by atoms with Crippen molar-refractivity contribution in [2.24, 2.45) is 16.8 Å². The molecule has 5 nitrogen and oxygen atoms in total. The molecule has 1 amide bonds. The van der Waals surface area contributed by atoms with Gasteiger partial charge in [-0.3, -0.25) is 4.79 Å². The minimum atomic E-state index is 0.164. The normalized spacial score (nSPS) is 17.7. The van der Waals surface area contributed by atoms with E-state index in [0.717, 1.165) is 0 Å². The molecule has 1 saturated carbocycles. The molecule has 0 unspecified atom stereocenters. The van der Waals surface area contributed by atoms with Crippen molar-refractivity contribution in [3.8, 4) is 0 Å². The Hall–Kier alpha value is -1.26. The summed E-state index contributed by atoms with van der Waals surface area (Å²) in [5.41, 5.74) is 5.35. The predicted octanol–water partition coefficient (Wildman–Crippen LogP) is 1.16. The van der Waals surface area contributed by atoms with Gasteiger partial charge in [0.05, 0.1) is 0 Å². The van der Waals surface area contributed by atoms with Crippen LogP contribution in [-0.2, 0) is 4.79 Å². The van der Waals surface area contributed by atoms with Crippen molar-refractivity contribution in [2.45, 2.75) is 38.5 Å². The van der Waals surface area contributed by atoms with Crippen LogP contribution in [-0.4, -0.2) is 35.4 Å². The van der Waals surface area contributed by atoms with E-state index in [1.54, 1.807) is 11.9 Å². The zero-order valence-corrected chi connectivity index (χ0v) is 9.85. The first kappa shape index (κ1) is 12.8. The number of carbonyl (C=O) groups excluding carboxylic acids is 1. The van der Waals surface area contributed by atoms with Gasteiger partial charge in [0.2, 0.25) is 5.91 Å². The SMILES string of the molecule is CN(CC/C(N)=N/O)C(=O)CC1CCCC1. The maximum atomic E-state index is 11.8. The molecule has 0 bridgehead atoms. The molecule has 0 atom stereocenters. The Labute approximate surface area is 96.3 Å². The van der Waals surface area contributed by atoms with Crippen molar-refractivity contribution in [1.29, 1.82) is 0 Å². The van der Waals surface area contributed by atoms with Gasteiger partial charge in [-0.25, -0.2) is 0 Å². The third kappa shape index (κ3) is 4.08. The van der Waals surface area contributed by atoms with E-state index in [1.165, 1.54) is 25.7 Å². The van der Waals surface area contributed by atoms with Crippen molar-refractivity contribution in [3.05, 3.63) is 0 Å². The standard InChI is InChI=1S/C11H21N3O2/c1-14(7-6-10(12)13-16)11(15)8-9-4-2-3-5-9/h9,16H,2-8H2,1H3,(H2,12,13). The fourth-order valence-electron chi connectivity index (χ4n) is 2.07. The summed E-state index contributed by atoms with van der Waals surface area (Å²) >= 11 is 0. The van der Waals surface area contributed by atoms with Gasteiger partial charge in [-0.15, -0.1) is 0 Å². The average molecular weight is 227 g/mol. The lowest BCUT2D eigenvalue weighted by atomic mass is 10.0. The van der Waals surface area contributed by atoms with Crippen LogP contribution < -0.4 is 5.73 Å². The first-order valence-electron chi connectivity index (χ1n) is 5.84. The number of hydrogen-bond acceptors (Lipinski definition) is 3. The topological polar surface area (TPSA) is 78.9 Å². The van der Waals surface area contributed by atoms with E-state index in [0.29, 0.717) is 25.3 Å². The van der Waals surface area contributed by atoms with Gasteiger partial charge in [0.1, 0.15) is 5.84 Å². The molecule has 1 fully saturated rings. The van der Waals surface area contributed by atoms with Gasteiger partial charge in [0, 0.05) is 26.4 Å². The second-order valence-corrected chi connectivity index (χ2v) is 4.51. The quantitative estimate of drug-likeness (QED) is 0.320. The molecule has 0 saturated heterocycles. The highest BCUT2D eigenvalue weighted by Gasteiger charge is 2.20. The Morgan fingerprint density at radius 1 is 1.50 bits per heavy atom. The highest BCUT2D eigenvalue weighted by Crippen LogP contribution is 2.27. The Morgan fingerprint density at radius 3 is 2.69 bits per heavy atom. The molecule has 0 aromatic rings. The van der Waals surface area contributed by atoms with Gasteiger partial charge in [-0.05, 0) is 18.8 Å². The zero-order chi connectivity index (χ0) is 12.0. The number of amidine groups is 1. The number of amides is 1. The maximum Gasteiger partial charge on any atom is 0.222 e. The molecule has 16 heavy (non-hydrogen) atoms. The van der Waals surface area contributed by atoms with E-state index >= 15 is 0 Å². The summed E-state index contributed by atoms with van der Waals surface area (Å²) in [6.07, 6.45) is 5.94. The molecule has 0 heterocycles. The smallest absolute Gasteiger partial charge is 0.222 e. The van der Waals surface area contributed by atoms with Crippen LogP contribution in [0.5, 0.6) is 0 Å². The van der Waals surface area contributed by atoms with Crippen LogP contribution in [0.4, 0.5) is 0 Å². The lowest BCUT2D eigenvalue weighted by molar-refractivity contribution is -0.130. The zero-order valence-electron chi connectivity index (χ0n) is 9.85. The molecule has 0 aromatic carbocycles. The molecule has 92 valence electrons. The summed E-state index contributed by atoms with van der Waals surface area (Å²) in [6, 6.07) is 0. The van der Waals surface area contributed by atoms with Crippen molar-refractivity contribution in [1.82, 2.24) is 4.90 Å². The minimum absolute atomic E-state index is 0.164. The maximum absolute atomic E-state index is 11.8. The largest absolute Gasteiger partial charge is 0.409 e. The molecule has 1 rings (SSSR count). The fourth-order valence-corrected chi connectivity index (χ4v) is 2.07. The molecule has 0 aliphatic heterocycles. The first-order valence-corrected chi connectivity index (χ1v) is 5.84. The second kappa shape index (κ2) is 6.35. The number of nitrogens with zero attached hydrogens (tertiary/aromatic N) is 2. The van der Waals surface area contributed by atoms with E-state index in [4.69, 9.17) is 10.9 Å².